The number of nitrogens with zero attached hydrogens (tertiary/aromatic N) is 1. The molecule has 0 amide bonds. The maximum absolute atomic E-state index is 3.54. The van der Waals surface area contributed by atoms with Gasteiger partial charge in [0.15, 0.2) is 0 Å². The van der Waals surface area contributed by atoms with Crippen molar-refractivity contribution in [3.05, 3.63) is 0 Å². The van der Waals surface area contributed by atoms with E-state index in [0.717, 1.165) is 18.0 Å². The molecule has 2 fully saturated rings. The third-order valence-electron chi connectivity index (χ3n) is 4.17. The van der Waals surface area contributed by atoms with Crippen molar-refractivity contribution in [2.45, 2.75) is 58.0 Å². The quantitative estimate of drug-likeness (QED) is 0.752. The Bertz CT molecular complexity index is 193. The maximum atomic E-state index is 3.54. The molecule has 0 spiro atoms. The highest BCUT2D eigenvalue weighted by Gasteiger charge is 2.24. The Kier molecular flexibility index (Phi) is 4.04. The van der Waals surface area contributed by atoms with E-state index in [1.165, 1.54) is 51.7 Å². The van der Waals surface area contributed by atoms with Crippen molar-refractivity contribution in [2.24, 2.45) is 5.92 Å². The van der Waals surface area contributed by atoms with E-state index in [9.17, 15) is 0 Å². The van der Waals surface area contributed by atoms with Gasteiger partial charge in [-0.2, -0.15) is 0 Å². The van der Waals surface area contributed by atoms with E-state index in [4.69, 9.17) is 0 Å². The van der Waals surface area contributed by atoms with Crippen molar-refractivity contribution in [3.8, 4) is 0 Å². The van der Waals surface area contributed by atoms with Crippen molar-refractivity contribution in [1.29, 1.82) is 0 Å². The third kappa shape index (κ3) is 3.18. The SMILES string of the molecule is CC1CC(CN2CCCCC2C)CCN1. The molecular formula is C13H26N2. The Hall–Kier alpha value is -0.0800. The van der Waals surface area contributed by atoms with Crippen molar-refractivity contribution < 1.29 is 0 Å². The molecule has 2 rings (SSSR count). The summed E-state index contributed by atoms with van der Waals surface area (Å²) in [6, 6.07) is 1.58. The molecule has 88 valence electrons. The fraction of sp³-hybridized carbons (Fsp3) is 1.00. The molecule has 15 heavy (non-hydrogen) atoms. The lowest BCUT2D eigenvalue weighted by molar-refractivity contribution is 0.119. The second kappa shape index (κ2) is 5.31. The van der Waals surface area contributed by atoms with Crippen LogP contribution in [-0.2, 0) is 0 Å². The fourth-order valence-corrected chi connectivity index (χ4v) is 3.16. The lowest BCUT2D eigenvalue weighted by Gasteiger charge is -2.38. The smallest absolute Gasteiger partial charge is 0.00670 e. The van der Waals surface area contributed by atoms with Gasteiger partial charge in [-0.25, -0.2) is 0 Å². The van der Waals surface area contributed by atoms with Crippen LogP contribution in [0.4, 0.5) is 0 Å². The number of rotatable bonds is 2. The lowest BCUT2D eigenvalue weighted by Crippen LogP contribution is -2.44. The average Bonchev–Trinajstić information content (AvgIpc) is 2.22. The molecule has 0 radical (unpaired) electrons. The van der Waals surface area contributed by atoms with Crippen LogP contribution in [-0.4, -0.2) is 36.6 Å². The summed E-state index contributed by atoms with van der Waals surface area (Å²) < 4.78 is 0. The van der Waals surface area contributed by atoms with E-state index in [1.807, 2.05) is 0 Å². The second-order valence-corrected chi connectivity index (χ2v) is 5.59. The zero-order chi connectivity index (χ0) is 10.7. The van der Waals surface area contributed by atoms with Crippen LogP contribution in [0.3, 0.4) is 0 Å². The Morgan fingerprint density at radius 1 is 1.20 bits per heavy atom. The first-order chi connectivity index (χ1) is 7.25. The molecule has 3 atom stereocenters. The van der Waals surface area contributed by atoms with Gasteiger partial charge in [0.05, 0.1) is 0 Å². The largest absolute Gasteiger partial charge is 0.314 e. The van der Waals surface area contributed by atoms with Crippen molar-refractivity contribution in [1.82, 2.24) is 10.2 Å². The monoisotopic (exact) mass is 210 g/mol. The van der Waals surface area contributed by atoms with Gasteiger partial charge in [0, 0.05) is 18.6 Å². The summed E-state index contributed by atoms with van der Waals surface area (Å²) >= 11 is 0. The minimum Gasteiger partial charge on any atom is -0.314 e. The highest BCUT2D eigenvalue weighted by molar-refractivity contribution is 4.81. The van der Waals surface area contributed by atoms with Crippen molar-refractivity contribution in [2.75, 3.05) is 19.6 Å². The van der Waals surface area contributed by atoms with Crippen LogP contribution in [0.2, 0.25) is 0 Å². The summed E-state index contributed by atoms with van der Waals surface area (Å²) in [5.41, 5.74) is 0. The Morgan fingerprint density at radius 3 is 2.80 bits per heavy atom. The van der Waals surface area contributed by atoms with Gasteiger partial charge in [-0.05, 0) is 58.5 Å². The molecule has 3 unspecified atom stereocenters. The predicted octanol–water partition coefficient (Wildman–Crippen LogP) is 2.25. The molecule has 2 aliphatic heterocycles. The number of hydrogen-bond donors (Lipinski definition) is 1. The third-order valence-corrected chi connectivity index (χ3v) is 4.17. The van der Waals surface area contributed by atoms with Crippen LogP contribution in [0, 0.1) is 5.92 Å². The molecular weight excluding hydrogens is 184 g/mol. The summed E-state index contributed by atoms with van der Waals surface area (Å²) in [5, 5.41) is 3.54. The molecule has 0 bridgehead atoms. The summed E-state index contributed by atoms with van der Waals surface area (Å²) in [6.45, 7) is 8.66. The lowest BCUT2D eigenvalue weighted by atomic mass is 9.91. The van der Waals surface area contributed by atoms with E-state index in [2.05, 4.69) is 24.1 Å². The summed E-state index contributed by atoms with van der Waals surface area (Å²) in [7, 11) is 0. The predicted molar refractivity (Wildman–Crippen MR) is 65.1 cm³/mol. The highest BCUT2D eigenvalue weighted by atomic mass is 15.2. The standard InChI is InChI=1S/C13H26N2/c1-11-9-13(6-7-14-11)10-15-8-4-3-5-12(15)2/h11-14H,3-10H2,1-2H3. The van der Waals surface area contributed by atoms with Crippen LogP contribution < -0.4 is 5.32 Å². The molecule has 0 aromatic carbocycles. The Labute approximate surface area is 94.4 Å². The topological polar surface area (TPSA) is 15.3 Å². The Balaban J connectivity index is 1.79. The van der Waals surface area contributed by atoms with Gasteiger partial charge in [-0.3, -0.25) is 0 Å². The number of piperidine rings is 2. The summed E-state index contributed by atoms with van der Waals surface area (Å²) in [6.07, 6.45) is 7.04. The van der Waals surface area contributed by atoms with Gasteiger partial charge < -0.3 is 10.2 Å². The molecule has 2 saturated heterocycles. The molecule has 0 saturated carbocycles. The highest BCUT2D eigenvalue weighted by Crippen LogP contribution is 2.22. The fourth-order valence-electron chi connectivity index (χ4n) is 3.16. The van der Waals surface area contributed by atoms with Gasteiger partial charge in [0.25, 0.3) is 0 Å². The molecule has 2 heterocycles. The molecule has 2 nitrogen and oxygen atoms in total. The average molecular weight is 210 g/mol. The summed E-state index contributed by atoms with van der Waals surface area (Å²) in [5.74, 6) is 0.946. The number of likely N-dealkylation sites (tertiary alicyclic amines) is 1. The van der Waals surface area contributed by atoms with E-state index >= 15 is 0 Å². The van der Waals surface area contributed by atoms with Gasteiger partial charge in [-0.15, -0.1) is 0 Å². The second-order valence-electron chi connectivity index (χ2n) is 5.59. The van der Waals surface area contributed by atoms with Crippen molar-refractivity contribution >= 4 is 0 Å². The van der Waals surface area contributed by atoms with Crippen LogP contribution in [0.5, 0.6) is 0 Å². The zero-order valence-corrected chi connectivity index (χ0v) is 10.3. The molecule has 1 N–H and O–H groups in total. The molecule has 2 heteroatoms. The van der Waals surface area contributed by atoms with E-state index in [-0.39, 0.29) is 0 Å². The zero-order valence-electron chi connectivity index (χ0n) is 10.3. The first-order valence-corrected chi connectivity index (χ1v) is 6.73. The Morgan fingerprint density at radius 2 is 2.07 bits per heavy atom. The van der Waals surface area contributed by atoms with Crippen LogP contribution in [0.1, 0.15) is 46.0 Å². The first-order valence-electron chi connectivity index (χ1n) is 6.73. The van der Waals surface area contributed by atoms with E-state index < -0.39 is 0 Å². The van der Waals surface area contributed by atoms with Crippen molar-refractivity contribution in [3.63, 3.8) is 0 Å². The number of hydrogen-bond acceptors (Lipinski definition) is 2. The first kappa shape index (κ1) is 11.4. The van der Waals surface area contributed by atoms with Gasteiger partial charge in [-0.1, -0.05) is 6.42 Å². The van der Waals surface area contributed by atoms with Gasteiger partial charge in [0.1, 0.15) is 0 Å². The van der Waals surface area contributed by atoms with E-state index in [1.54, 1.807) is 0 Å². The maximum Gasteiger partial charge on any atom is 0.00670 e. The van der Waals surface area contributed by atoms with Gasteiger partial charge >= 0.3 is 0 Å². The molecule has 0 aliphatic carbocycles. The summed E-state index contributed by atoms with van der Waals surface area (Å²) in [4.78, 5) is 2.73. The van der Waals surface area contributed by atoms with E-state index in [0.29, 0.717) is 0 Å². The minimum atomic E-state index is 0.740. The molecule has 2 aliphatic rings. The minimum absolute atomic E-state index is 0.740. The number of nitrogens with one attached hydrogen (secondary N) is 1. The molecule has 0 aromatic heterocycles. The van der Waals surface area contributed by atoms with Gasteiger partial charge in [0.2, 0.25) is 0 Å². The molecule has 0 aromatic rings. The van der Waals surface area contributed by atoms with Crippen LogP contribution in [0.15, 0.2) is 0 Å². The van der Waals surface area contributed by atoms with Crippen LogP contribution in [0.25, 0.3) is 0 Å². The van der Waals surface area contributed by atoms with Crippen LogP contribution >= 0.6 is 0 Å². The normalized spacial score (nSPS) is 39.2.